The number of allylic oxidation sites excluding steroid dienone is 2. The second-order valence-electron chi connectivity index (χ2n) is 2.09. The molecule has 2 rings (SSSR count). The molecule has 0 aromatic rings. The summed E-state index contributed by atoms with van der Waals surface area (Å²) in [5.74, 6) is 0.977. The van der Waals surface area contributed by atoms with Gasteiger partial charge in [0.25, 0.3) is 0 Å². The van der Waals surface area contributed by atoms with Crippen LogP contribution in [0.1, 0.15) is 0 Å². The van der Waals surface area contributed by atoms with Crippen molar-refractivity contribution in [2.45, 2.75) is 0 Å². The number of hydrogen-bond acceptors (Lipinski definition) is 2. The second kappa shape index (κ2) is 2.14. The Morgan fingerprint density at radius 1 is 1.10 bits per heavy atom. The molecule has 2 aliphatic heterocycles. The minimum Gasteiger partial charge on any atom is -0.309 e. The highest BCUT2D eigenvalue weighted by Crippen LogP contribution is 2.08. The highest BCUT2D eigenvalue weighted by atomic mass is 15.2. The Morgan fingerprint density at radius 2 is 2.00 bits per heavy atom. The van der Waals surface area contributed by atoms with Gasteiger partial charge in [-0.25, -0.2) is 0 Å². The summed E-state index contributed by atoms with van der Waals surface area (Å²) >= 11 is 0. The van der Waals surface area contributed by atoms with E-state index >= 15 is 0 Å². The minimum atomic E-state index is 0.977. The van der Waals surface area contributed by atoms with Crippen LogP contribution >= 0.6 is 0 Å². The Kier molecular flexibility index (Phi) is 1.17. The van der Waals surface area contributed by atoms with Crippen molar-refractivity contribution >= 4 is 5.84 Å². The van der Waals surface area contributed by atoms with Gasteiger partial charge in [-0.3, -0.25) is 4.99 Å². The molecule has 0 saturated carbocycles. The van der Waals surface area contributed by atoms with E-state index in [0.717, 1.165) is 5.84 Å². The highest BCUT2D eigenvalue weighted by molar-refractivity contribution is 5.96. The number of nitrogens with zero attached hydrogens (tertiary/aromatic N) is 2. The van der Waals surface area contributed by atoms with Crippen molar-refractivity contribution < 1.29 is 0 Å². The van der Waals surface area contributed by atoms with E-state index in [2.05, 4.69) is 4.99 Å². The Labute approximate surface area is 59.9 Å². The van der Waals surface area contributed by atoms with Gasteiger partial charge in [0.15, 0.2) is 0 Å². The zero-order valence-corrected chi connectivity index (χ0v) is 5.44. The van der Waals surface area contributed by atoms with Gasteiger partial charge in [0.05, 0.1) is 6.54 Å². The summed E-state index contributed by atoms with van der Waals surface area (Å²) in [5.41, 5.74) is 0. The second-order valence-corrected chi connectivity index (χ2v) is 2.09. The van der Waals surface area contributed by atoms with Crippen molar-refractivity contribution in [3.63, 3.8) is 0 Å². The minimum absolute atomic E-state index is 0.977. The SMILES string of the molecule is [CH]1C=CN2C=CC=CC2=N1. The van der Waals surface area contributed by atoms with Gasteiger partial charge >= 0.3 is 0 Å². The molecule has 0 amide bonds. The van der Waals surface area contributed by atoms with Gasteiger partial charge in [-0.2, -0.15) is 0 Å². The molecule has 0 aliphatic carbocycles. The van der Waals surface area contributed by atoms with Crippen LogP contribution in [0.2, 0.25) is 0 Å². The fourth-order valence-electron chi connectivity index (χ4n) is 0.933. The van der Waals surface area contributed by atoms with Gasteiger partial charge in [-0.15, -0.1) is 0 Å². The van der Waals surface area contributed by atoms with E-state index in [1.54, 1.807) is 6.54 Å². The first-order valence-electron chi connectivity index (χ1n) is 3.18. The highest BCUT2D eigenvalue weighted by Gasteiger charge is 2.06. The Bertz CT molecular complexity index is 246. The van der Waals surface area contributed by atoms with Crippen molar-refractivity contribution in [3.05, 3.63) is 43.2 Å². The maximum Gasteiger partial charge on any atom is 0.132 e. The van der Waals surface area contributed by atoms with E-state index in [1.165, 1.54) is 0 Å². The molecule has 0 aromatic heterocycles. The van der Waals surface area contributed by atoms with E-state index < -0.39 is 0 Å². The monoisotopic (exact) mass is 131 g/mol. The molecular weight excluding hydrogens is 124 g/mol. The first-order chi connectivity index (χ1) is 4.97. The number of aliphatic imine (C=N–C) groups is 1. The van der Waals surface area contributed by atoms with E-state index in [9.17, 15) is 0 Å². The molecule has 2 heteroatoms. The smallest absolute Gasteiger partial charge is 0.132 e. The van der Waals surface area contributed by atoms with Crippen molar-refractivity contribution in [2.75, 3.05) is 0 Å². The van der Waals surface area contributed by atoms with Crippen molar-refractivity contribution in [2.24, 2.45) is 4.99 Å². The molecule has 0 aromatic carbocycles. The van der Waals surface area contributed by atoms with E-state index in [1.807, 2.05) is 41.6 Å². The van der Waals surface area contributed by atoms with Crippen LogP contribution in [0.4, 0.5) is 0 Å². The molecule has 49 valence electrons. The number of fused-ring (bicyclic) bond motifs is 1. The lowest BCUT2D eigenvalue weighted by atomic mass is 10.3. The third-order valence-corrected chi connectivity index (χ3v) is 1.41. The van der Waals surface area contributed by atoms with Gasteiger partial charge in [0, 0.05) is 12.4 Å². The molecule has 0 bridgehead atoms. The van der Waals surface area contributed by atoms with Crippen LogP contribution in [-0.2, 0) is 0 Å². The van der Waals surface area contributed by atoms with Crippen molar-refractivity contribution in [1.29, 1.82) is 0 Å². The first kappa shape index (κ1) is 5.47. The predicted octanol–water partition coefficient (Wildman–Crippen LogP) is 1.46. The fraction of sp³-hybridized carbons (Fsp3) is 0. The summed E-state index contributed by atoms with van der Waals surface area (Å²) in [6, 6.07) is 0. The number of amidine groups is 1. The molecule has 2 aliphatic rings. The third-order valence-electron chi connectivity index (χ3n) is 1.41. The molecular formula is C8H7N2. The zero-order valence-electron chi connectivity index (χ0n) is 5.44. The Morgan fingerprint density at radius 3 is 2.90 bits per heavy atom. The molecule has 0 N–H and O–H groups in total. The summed E-state index contributed by atoms with van der Waals surface area (Å²) < 4.78 is 0. The van der Waals surface area contributed by atoms with Gasteiger partial charge in [0.2, 0.25) is 0 Å². The lowest BCUT2D eigenvalue weighted by molar-refractivity contribution is 0.745. The maximum absolute atomic E-state index is 4.14. The third kappa shape index (κ3) is 0.778. The maximum atomic E-state index is 4.14. The Balaban J connectivity index is 2.33. The van der Waals surface area contributed by atoms with Crippen LogP contribution in [0.5, 0.6) is 0 Å². The van der Waals surface area contributed by atoms with E-state index in [-0.39, 0.29) is 0 Å². The van der Waals surface area contributed by atoms with Crippen LogP contribution in [0.3, 0.4) is 0 Å². The lowest BCUT2D eigenvalue weighted by Crippen LogP contribution is -2.21. The molecule has 0 spiro atoms. The summed E-state index contributed by atoms with van der Waals surface area (Å²) in [6.07, 6.45) is 11.8. The van der Waals surface area contributed by atoms with Crippen LogP contribution in [-0.4, -0.2) is 10.7 Å². The summed E-state index contributed by atoms with van der Waals surface area (Å²) in [5, 5.41) is 0. The number of hydrogen-bond donors (Lipinski definition) is 0. The van der Waals surface area contributed by atoms with Gasteiger partial charge < -0.3 is 4.90 Å². The average Bonchev–Trinajstić information content (AvgIpc) is 2.05. The molecule has 0 saturated heterocycles. The van der Waals surface area contributed by atoms with Crippen LogP contribution in [0.15, 0.2) is 41.7 Å². The predicted molar refractivity (Wildman–Crippen MR) is 41.0 cm³/mol. The van der Waals surface area contributed by atoms with Crippen molar-refractivity contribution in [3.8, 4) is 0 Å². The normalized spacial score (nSPS) is 20.8. The van der Waals surface area contributed by atoms with E-state index in [4.69, 9.17) is 0 Å². The largest absolute Gasteiger partial charge is 0.309 e. The summed E-state index contributed by atoms with van der Waals surface area (Å²) in [4.78, 5) is 6.12. The topological polar surface area (TPSA) is 15.6 Å². The van der Waals surface area contributed by atoms with Gasteiger partial charge in [-0.1, -0.05) is 6.08 Å². The van der Waals surface area contributed by atoms with Crippen molar-refractivity contribution in [1.82, 2.24) is 4.90 Å². The molecule has 0 unspecified atom stereocenters. The average molecular weight is 131 g/mol. The molecule has 2 nitrogen and oxygen atoms in total. The van der Waals surface area contributed by atoms with Crippen LogP contribution < -0.4 is 0 Å². The van der Waals surface area contributed by atoms with Gasteiger partial charge in [0.1, 0.15) is 5.84 Å². The van der Waals surface area contributed by atoms with Crippen LogP contribution in [0, 0.1) is 6.54 Å². The molecule has 0 fully saturated rings. The lowest BCUT2D eigenvalue weighted by Gasteiger charge is -2.19. The first-order valence-corrected chi connectivity index (χ1v) is 3.18. The summed E-state index contributed by atoms with van der Waals surface area (Å²) in [6.45, 7) is 1.79. The fourth-order valence-corrected chi connectivity index (χ4v) is 0.933. The van der Waals surface area contributed by atoms with E-state index in [0.29, 0.717) is 0 Å². The standard InChI is InChI=1S/C8H7N2/c1-2-6-10-7-3-5-9-8(10)4-1/h1-7H. The Hall–Kier alpha value is -1.31. The molecule has 10 heavy (non-hydrogen) atoms. The molecule has 1 radical (unpaired) electrons. The summed E-state index contributed by atoms with van der Waals surface area (Å²) in [7, 11) is 0. The van der Waals surface area contributed by atoms with Gasteiger partial charge in [-0.05, 0) is 18.2 Å². The van der Waals surface area contributed by atoms with Crippen LogP contribution in [0.25, 0.3) is 0 Å². The quantitative estimate of drug-likeness (QED) is 0.486. The zero-order chi connectivity index (χ0) is 6.81. The molecule has 2 heterocycles. The molecule has 0 atom stereocenters. The number of rotatable bonds is 0.